The fraction of sp³-hybridized carbons (Fsp3) is 0.200. The van der Waals surface area contributed by atoms with E-state index in [9.17, 15) is 0 Å². The van der Waals surface area contributed by atoms with Crippen LogP contribution >= 0.6 is 23.4 Å². The van der Waals surface area contributed by atoms with Gasteiger partial charge in [-0.2, -0.15) is 0 Å². The molecule has 0 aromatic heterocycles. The van der Waals surface area contributed by atoms with Crippen LogP contribution < -0.4 is 10.5 Å². The number of halogens is 1. The van der Waals surface area contributed by atoms with Gasteiger partial charge in [-0.15, -0.1) is 11.8 Å². The van der Waals surface area contributed by atoms with Crippen molar-refractivity contribution in [3.05, 3.63) is 58.6 Å². The number of ether oxygens (including phenoxy) is 1. The number of thioether (sulfide) groups is 1. The first-order valence-corrected chi connectivity index (χ1v) is 7.33. The fourth-order valence-corrected chi connectivity index (χ4v) is 2.94. The van der Waals surface area contributed by atoms with Crippen LogP contribution in [0.15, 0.2) is 47.4 Å². The van der Waals surface area contributed by atoms with E-state index in [0.29, 0.717) is 6.54 Å². The van der Waals surface area contributed by atoms with Crippen LogP contribution in [0.5, 0.6) is 5.75 Å². The van der Waals surface area contributed by atoms with Crippen molar-refractivity contribution in [3.8, 4) is 5.75 Å². The van der Waals surface area contributed by atoms with Gasteiger partial charge < -0.3 is 10.5 Å². The number of nitrogens with two attached hydrogens (primary N) is 1. The molecule has 0 aliphatic heterocycles. The van der Waals surface area contributed by atoms with E-state index in [0.717, 1.165) is 27.7 Å². The highest BCUT2D eigenvalue weighted by Gasteiger charge is 2.05. The minimum atomic E-state index is 0.564. The average Bonchev–Trinajstić information content (AvgIpc) is 2.45. The molecule has 0 saturated heterocycles. The highest BCUT2D eigenvalue weighted by molar-refractivity contribution is 7.98. The number of rotatable bonds is 5. The van der Waals surface area contributed by atoms with E-state index in [1.807, 2.05) is 30.3 Å². The molecule has 0 amide bonds. The van der Waals surface area contributed by atoms with Gasteiger partial charge in [-0.25, -0.2) is 0 Å². The summed E-state index contributed by atoms with van der Waals surface area (Å²) in [7, 11) is 1.67. The van der Waals surface area contributed by atoms with Gasteiger partial charge in [0, 0.05) is 27.8 Å². The Kier molecular flexibility index (Phi) is 5.14. The van der Waals surface area contributed by atoms with Gasteiger partial charge >= 0.3 is 0 Å². The van der Waals surface area contributed by atoms with Gasteiger partial charge in [-0.1, -0.05) is 23.7 Å². The van der Waals surface area contributed by atoms with E-state index >= 15 is 0 Å². The summed E-state index contributed by atoms with van der Waals surface area (Å²) in [6.07, 6.45) is 0. The Labute approximate surface area is 122 Å². The van der Waals surface area contributed by atoms with Crippen molar-refractivity contribution < 1.29 is 4.74 Å². The Morgan fingerprint density at radius 1 is 1.21 bits per heavy atom. The lowest BCUT2D eigenvalue weighted by atomic mass is 10.2. The number of methoxy groups -OCH3 is 1. The van der Waals surface area contributed by atoms with Crippen molar-refractivity contribution in [2.45, 2.75) is 17.2 Å². The molecular weight excluding hydrogens is 278 g/mol. The van der Waals surface area contributed by atoms with E-state index in [2.05, 4.69) is 12.1 Å². The van der Waals surface area contributed by atoms with Crippen LogP contribution in [0.4, 0.5) is 0 Å². The number of benzene rings is 2. The third-order valence-electron chi connectivity index (χ3n) is 2.77. The smallest absolute Gasteiger partial charge is 0.123 e. The van der Waals surface area contributed by atoms with Crippen molar-refractivity contribution in [1.29, 1.82) is 0 Å². The molecule has 0 aliphatic carbocycles. The SMILES string of the molecule is COc1ccc(Cl)cc1CSc1cccc(CN)c1. The largest absolute Gasteiger partial charge is 0.496 e. The van der Waals surface area contributed by atoms with Crippen LogP contribution in [-0.4, -0.2) is 7.11 Å². The standard InChI is InChI=1S/C15H16ClNOS/c1-18-15-6-5-13(16)8-12(15)10-19-14-4-2-3-11(7-14)9-17/h2-8H,9-10,17H2,1H3. The quantitative estimate of drug-likeness (QED) is 0.843. The molecule has 0 heterocycles. The lowest BCUT2D eigenvalue weighted by Crippen LogP contribution is -1.95. The molecule has 0 spiro atoms. The monoisotopic (exact) mass is 293 g/mol. The summed E-state index contributed by atoms with van der Waals surface area (Å²) in [5.41, 5.74) is 7.88. The minimum absolute atomic E-state index is 0.564. The third kappa shape index (κ3) is 3.90. The molecule has 2 N–H and O–H groups in total. The van der Waals surface area contributed by atoms with Gasteiger partial charge in [0.2, 0.25) is 0 Å². The summed E-state index contributed by atoms with van der Waals surface area (Å²) in [6, 6.07) is 13.9. The maximum atomic E-state index is 6.02. The van der Waals surface area contributed by atoms with Crippen molar-refractivity contribution >= 4 is 23.4 Å². The molecule has 0 bridgehead atoms. The molecule has 2 aromatic rings. The molecular formula is C15H16ClNOS. The molecule has 0 saturated carbocycles. The average molecular weight is 294 g/mol. The van der Waals surface area contributed by atoms with Crippen molar-refractivity contribution in [1.82, 2.24) is 0 Å². The molecule has 0 fully saturated rings. The lowest BCUT2D eigenvalue weighted by molar-refractivity contribution is 0.411. The van der Waals surface area contributed by atoms with Crippen LogP contribution in [0.1, 0.15) is 11.1 Å². The second kappa shape index (κ2) is 6.85. The van der Waals surface area contributed by atoms with Crippen molar-refractivity contribution in [2.24, 2.45) is 5.73 Å². The lowest BCUT2D eigenvalue weighted by Gasteiger charge is -2.09. The minimum Gasteiger partial charge on any atom is -0.496 e. The molecule has 2 nitrogen and oxygen atoms in total. The van der Waals surface area contributed by atoms with Crippen LogP contribution in [0.25, 0.3) is 0 Å². The Balaban J connectivity index is 2.11. The zero-order valence-corrected chi connectivity index (χ0v) is 12.3. The number of hydrogen-bond acceptors (Lipinski definition) is 3. The molecule has 19 heavy (non-hydrogen) atoms. The molecule has 4 heteroatoms. The maximum Gasteiger partial charge on any atom is 0.123 e. The van der Waals surface area contributed by atoms with Crippen molar-refractivity contribution in [3.63, 3.8) is 0 Å². The van der Waals surface area contributed by atoms with Crippen LogP contribution in [0.2, 0.25) is 5.02 Å². The normalized spacial score (nSPS) is 10.5. The summed E-state index contributed by atoms with van der Waals surface area (Å²) in [5.74, 6) is 1.68. The zero-order valence-electron chi connectivity index (χ0n) is 10.7. The second-order valence-corrected chi connectivity index (χ2v) is 5.58. The summed E-state index contributed by atoms with van der Waals surface area (Å²) in [5, 5.41) is 0.729. The van der Waals surface area contributed by atoms with E-state index in [1.54, 1.807) is 18.9 Å². The third-order valence-corrected chi connectivity index (χ3v) is 4.05. The Morgan fingerprint density at radius 2 is 2.05 bits per heavy atom. The topological polar surface area (TPSA) is 35.2 Å². The van der Waals surface area contributed by atoms with Crippen LogP contribution in [0, 0.1) is 0 Å². The van der Waals surface area contributed by atoms with Gasteiger partial charge in [-0.05, 0) is 35.9 Å². The highest BCUT2D eigenvalue weighted by Crippen LogP contribution is 2.30. The molecule has 0 atom stereocenters. The van der Waals surface area contributed by atoms with E-state index < -0.39 is 0 Å². The van der Waals surface area contributed by atoms with E-state index in [4.69, 9.17) is 22.1 Å². The second-order valence-electron chi connectivity index (χ2n) is 4.10. The zero-order chi connectivity index (χ0) is 13.7. The van der Waals surface area contributed by atoms with Gasteiger partial charge in [0.25, 0.3) is 0 Å². The summed E-state index contributed by atoms with van der Waals surface area (Å²) >= 11 is 7.77. The maximum absolute atomic E-state index is 6.02. The molecule has 100 valence electrons. The molecule has 0 unspecified atom stereocenters. The summed E-state index contributed by atoms with van der Waals surface area (Å²) < 4.78 is 5.34. The van der Waals surface area contributed by atoms with Gasteiger partial charge in [0.1, 0.15) is 5.75 Å². The summed E-state index contributed by atoms with van der Waals surface area (Å²) in [6.45, 7) is 0.564. The fourth-order valence-electron chi connectivity index (χ4n) is 1.78. The van der Waals surface area contributed by atoms with Gasteiger partial charge in [-0.3, -0.25) is 0 Å². The van der Waals surface area contributed by atoms with E-state index in [-0.39, 0.29) is 0 Å². The van der Waals surface area contributed by atoms with Crippen LogP contribution in [0.3, 0.4) is 0 Å². The predicted octanol–water partition coefficient (Wildman–Crippen LogP) is 4.10. The first-order chi connectivity index (χ1) is 9.22. The first kappa shape index (κ1) is 14.3. The summed E-state index contributed by atoms with van der Waals surface area (Å²) in [4.78, 5) is 1.20. The molecule has 0 aliphatic rings. The van der Waals surface area contributed by atoms with Crippen LogP contribution in [-0.2, 0) is 12.3 Å². The highest BCUT2D eigenvalue weighted by atomic mass is 35.5. The Hall–Kier alpha value is -1.16. The molecule has 2 rings (SSSR count). The van der Waals surface area contributed by atoms with Gasteiger partial charge in [0.15, 0.2) is 0 Å². The predicted molar refractivity (Wildman–Crippen MR) is 81.9 cm³/mol. The number of hydrogen-bond donors (Lipinski definition) is 1. The molecule has 0 radical (unpaired) electrons. The van der Waals surface area contributed by atoms with E-state index in [1.165, 1.54) is 4.90 Å². The van der Waals surface area contributed by atoms with Crippen molar-refractivity contribution in [2.75, 3.05) is 7.11 Å². The van der Waals surface area contributed by atoms with Gasteiger partial charge in [0.05, 0.1) is 7.11 Å². The first-order valence-electron chi connectivity index (χ1n) is 5.97. The molecule has 2 aromatic carbocycles. The Morgan fingerprint density at radius 3 is 2.79 bits per heavy atom. The Bertz CT molecular complexity index is 560.